The Morgan fingerprint density at radius 1 is 0.900 bits per heavy atom. The van der Waals surface area contributed by atoms with Crippen molar-refractivity contribution in [1.29, 1.82) is 0 Å². The lowest BCUT2D eigenvalue weighted by Crippen LogP contribution is -2.47. The molecule has 0 spiro atoms. The molecule has 2 aromatic carbocycles. The van der Waals surface area contributed by atoms with E-state index in [2.05, 4.69) is 0 Å². The van der Waals surface area contributed by atoms with E-state index in [0.29, 0.717) is 6.54 Å². The fourth-order valence-electron chi connectivity index (χ4n) is 3.11. The highest BCUT2D eigenvalue weighted by Gasteiger charge is 2.45. The van der Waals surface area contributed by atoms with Crippen molar-refractivity contribution >= 4 is 0 Å². The molecule has 0 unspecified atom stereocenters. The van der Waals surface area contributed by atoms with Crippen molar-refractivity contribution in [3.63, 3.8) is 0 Å². The van der Waals surface area contributed by atoms with Crippen LogP contribution in [0.5, 0.6) is 0 Å². The molecule has 1 aliphatic rings. The molecule has 3 rings (SSSR count). The standard InChI is InChI=1S/C17H19NO2/c19-17(14-8-3-1-4-9-14,15-10-5-2-6-11-15)16-12-7-13-18(16)20/h1-6,8-11,16,19-20H,7,12-13H2/t16-/m1/s1. The van der Waals surface area contributed by atoms with Gasteiger partial charge in [0.15, 0.2) is 0 Å². The van der Waals surface area contributed by atoms with Gasteiger partial charge in [-0.05, 0) is 24.0 Å². The third-order valence-electron chi connectivity index (χ3n) is 4.13. The van der Waals surface area contributed by atoms with Crippen molar-refractivity contribution in [2.45, 2.75) is 24.5 Å². The molecule has 0 aliphatic carbocycles. The molecule has 2 N–H and O–H groups in total. The third kappa shape index (κ3) is 2.14. The van der Waals surface area contributed by atoms with Crippen LogP contribution in [0.4, 0.5) is 0 Å². The Balaban J connectivity index is 2.13. The number of rotatable bonds is 3. The topological polar surface area (TPSA) is 43.7 Å². The first-order chi connectivity index (χ1) is 9.73. The van der Waals surface area contributed by atoms with Crippen LogP contribution in [0, 0.1) is 0 Å². The summed E-state index contributed by atoms with van der Waals surface area (Å²) in [7, 11) is 0. The minimum absolute atomic E-state index is 0.313. The van der Waals surface area contributed by atoms with Crippen LogP contribution >= 0.6 is 0 Å². The van der Waals surface area contributed by atoms with Gasteiger partial charge in [-0.25, -0.2) is 0 Å². The average molecular weight is 269 g/mol. The number of aliphatic hydroxyl groups is 1. The van der Waals surface area contributed by atoms with Crippen LogP contribution < -0.4 is 0 Å². The van der Waals surface area contributed by atoms with Crippen molar-refractivity contribution < 1.29 is 10.3 Å². The lowest BCUT2D eigenvalue weighted by Gasteiger charge is -2.37. The van der Waals surface area contributed by atoms with Gasteiger partial charge in [-0.2, -0.15) is 5.06 Å². The second kappa shape index (κ2) is 5.37. The predicted molar refractivity (Wildman–Crippen MR) is 77.4 cm³/mol. The molecule has 0 radical (unpaired) electrons. The average Bonchev–Trinajstić information content (AvgIpc) is 2.95. The Morgan fingerprint density at radius 3 is 1.80 bits per heavy atom. The monoisotopic (exact) mass is 269 g/mol. The highest BCUT2D eigenvalue weighted by atomic mass is 16.5. The van der Waals surface area contributed by atoms with E-state index in [1.807, 2.05) is 60.7 Å². The summed E-state index contributed by atoms with van der Waals surface area (Å²) < 4.78 is 0. The van der Waals surface area contributed by atoms with Crippen molar-refractivity contribution in [2.75, 3.05) is 6.54 Å². The van der Waals surface area contributed by atoms with E-state index in [1.165, 1.54) is 5.06 Å². The van der Waals surface area contributed by atoms with E-state index in [-0.39, 0.29) is 6.04 Å². The summed E-state index contributed by atoms with van der Waals surface area (Å²) in [5.74, 6) is 0. The van der Waals surface area contributed by atoms with E-state index in [0.717, 1.165) is 24.0 Å². The molecule has 3 nitrogen and oxygen atoms in total. The molecule has 0 amide bonds. The Kier molecular flexibility index (Phi) is 3.57. The predicted octanol–water partition coefficient (Wildman–Crippen LogP) is 2.78. The van der Waals surface area contributed by atoms with Gasteiger partial charge >= 0.3 is 0 Å². The Hall–Kier alpha value is -1.68. The molecule has 1 saturated heterocycles. The fourth-order valence-corrected chi connectivity index (χ4v) is 3.11. The van der Waals surface area contributed by atoms with Gasteiger partial charge in [0.2, 0.25) is 0 Å². The van der Waals surface area contributed by atoms with Gasteiger partial charge in [0.1, 0.15) is 5.60 Å². The van der Waals surface area contributed by atoms with E-state index in [9.17, 15) is 10.3 Å². The smallest absolute Gasteiger partial charge is 0.132 e. The van der Waals surface area contributed by atoms with Crippen LogP contribution in [-0.2, 0) is 5.60 Å². The molecule has 104 valence electrons. The molecule has 2 aromatic rings. The quantitative estimate of drug-likeness (QED) is 0.900. The molecule has 20 heavy (non-hydrogen) atoms. The molecule has 1 heterocycles. The fraction of sp³-hybridized carbons (Fsp3) is 0.294. The van der Waals surface area contributed by atoms with Gasteiger partial charge in [-0.15, -0.1) is 0 Å². The van der Waals surface area contributed by atoms with Gasteiger partial charge in [0, 0.05) is 6.54 Å². The first-order valence-corrected chi connectivity index (χ1v) is 7.02. The molecule has 1 atom stereocenters. The number of benzene rings is 2. The molecule has 0 saturated carbocycles. The summed E-state index contributed by atoms with van der Waals surface area (Å²) in [6.07, 6.45) is 1.67. The summed E-state index contributed by atoms with van der Waals surface area (Å²) >= 11 is 0. The SMILES string of the molecule is ON1CCC[C@@H]1C(O)(c1ccccc1)c1ccccc1. The molecule has 3 heteroatoms. The van der Waals surface area contributed by atoms with Crippen molar-refractivity contribution in [2.24, 2.45) is 0 Å². The first kappa shape index (κ1) is 13.3. The third-order valence-corrected chi connectivity index (χ3v) is 4.13. The maximum Gasteiger partial charge on any atom is 0.132 e. The van der Waals surface area contributed by atoms with Crippen LogP contribution in [0.2, 0.25) is 0 Å². The Labute approximate surface area is 119 Å². The Bertz CT molecular complexity index is 516. The van der Waals surface area contributed by atoms with Gasteiger partial charge < -0.3 is 10.3 Å². The maximum absolute atomic E-state index is 11.4. The summed E-state index contributed by atoms with van der Waals surface area (Å²) in [6.45, 7) is 0.604. The highest BCUT2D eigenvalue weighted by Crippen LogP contribution is 2.39. The van der Waals surface area contributed by atoms with Gasteiger partial charge in [0.25, 0.3) is 0 Å². The molecule has 1 fully saturated rings. The summed E-state index contributed by atoms with van der Waals surface area (Å²) in [4.78, 5) is 0. The minimum atomic E-state index is -1.19. The Morgan fingerprint density at radius 2 is 1.40 bits per heavy atom. The van der Waals surface area contributed by atoms with Crippen LogP contribution in [0.15, 0.2) is 60.7 Å². The van der Waals surface area contributed by atoms with Crippen molar-refractivity contribution in [1.82, 2.24) is 5.06 Å². The molecule has 0 bridgehead atoms. The maximum atomic E-state index is 11.4. The van der Waals surface area contributed by atoms with Crippen molar-refractivity contribution in [3.05, 3.63) is 71.8 Å². The largest absolute Gasteiger partial charge is 0.379 e. The highest BCUT2D eigenvalue weighted by molar-refractivity contribution is 5.38. The number of nitrogens with zero attached hydrogens (tertiary/aromatic N) is 1. The summed E-state index contributed by atoms with van der Waals surface area (Å²) in [5.41, 5.74) is 0.447. The minimum Gasteiger partial charge on any atom is -0.379 e. The molecular formula is C17H19NO2. The summed E-state index contributed by atoms with van der Waals surface area (Å²) in [6, 6.07) is 18.9. The van der Waals surface area contributed by atoms with Crippen LogP contribution in [-0.4, -0.2) is 28.0 Å². The van der Waals surface area contributed by atoms with Crippen LogP contribution in [0.25, 0.3) is 0 Å². The van der Waals surface area contributed by atoms with Gasteiger partial charge in [-0.3, -0.25) is 0 Å². The van der Waals surface area contributed by atoms with E-state index in [1.54, 1.807) is 0 Å². The lowest BCUT2D eigenvalue weighted by molar-refractivity contribution is -0.155. The zero-order chi connectivity index (χ0) is 14.0. The molecule has 0 aromatic heterocycles. The number of hydrogen-bond donors (Lipinski definition) is 2. The van der Waals surface area contributed by atoms with E-state index < -0.39 is 5.60 Å². The summed E-state index contributed by atoms with van der Waals surface area (Å²) in [5, 5.41) is 22.8. The zero-order valence-electron chi connectivity index (χ0n) is 11.3. The second-order valence-corrected chi connectivity index (χ2v) is 5.32. The second-order valence-electron chi connectivity index (χ2n) is 5.32. The number of hydroxylamine groups is 2. The van der Waals surface area contributed by atoms with E-state index >= 15 is 0 Å². The zero-order valence-corrected chi connectivity index (χ0v) is 11.3. The van der Waals surface area contributed by atoms with Gasteiger partial charge in [-0.1, -0.05) is 60.7 Å². The lowest BCUT2D eigenvalue weighted by atomic mass is 9.79. The first-order valence-electron chi connectivity index (χ1n) is 7.02. The van der Waals surface area contributed by atoms with E-state index in [4.69, 9.17) is 0 Å². The van der Waals surface area contributed by atoms with Crippen LogP contribution in [0.1, 0.15) is 24.0 Å². The van der Waals surface area contributed by atoms with Crippen LogP contribution in [0.3, 0.4) is 0 Å². The van der Waals surface area contributed by atoms with Crippen molar-refractivity contribution in [3.8, 4) is 0 Å². The number of hydrogen-bond acceptors (Lipinski definition) is 3. The normalized spacial score (nSPS) is 20.2. The molecular weight excluding hydrogens is 250 g/mol. The van der Waals surface area contributed by atoms with Gasteiger partial charge in [0.05, 0.1) is 6.04 Å². The molecule has 1 aliphatic heterocycles.